The first-order valence-corrected chi connectivity index (χ1v) is 6.30. The molecule has 0 aliphatic carbocycles. The van der Waals surface area contributed by atoms with E-state index in [1.54, 1.807) is 6.92 Å². The van der Waals surface area contributed by atoms with Crippen LogP contribution in [-0.4, -0.2) is 19.6 Å². The van der Waals surface area contributed by atoms with E-state index in [1.807, 2.05) is 13.8 Å². The van der Waals surface area contributed by atoms with Crippen molar-refractivity contribution in [1.82, 2.24) is 0 Å². The van der Waals surface area contributed by atoms with Crippen LogP contribution in [0, 0.1) is 5.41 Å². The van der Waals surface area contributed by atoms with Crippen LogP contribution in [-0.2, 0) is 4.74 Å². The van der Waals surface area contributed by atoms with E-state index in [0.717, 1.165) is 25.7 Å². The van der Waals surface area contributed by atoms with Crippen molar-refractivity contribution in [2.24, 2.45) is 5.41 Å². The van der Waals surface area contributed by atoms with Gasteiger partial charge in [0.1, 0.15) is 6.61 Å². The summed E-state index contributed by atoms with van der Waals surface area (Å²) >= 11 is 0. The predicted octanol–water partition coefficient (Wildman–Crippen LogP) is 4.65. The number of ether oxygens (including phenoxy) is 1. The summed E-state index contributed by atoms with van der Waals surface area (Å²) in [6, 6.07) is 0. The molecular weight excluding hydrogens is 210 g/mol. The van der Waals surface area contributed by atoms with Crippen molar-refractivity contribution < 1.29 is 13.5 Å². The van der Waals surface area contributed by atoms with Gasteiger partial charge in [-0.15, -0.1) is 0 Å². The Labute approximate surface area is 98.6 Å². The average molecular weight is 236 g/mol. The molecule has 0 aromatic carbocycles. The van der Waals surface area contributed by atoms with Gasteiger partial charge in [-0.05, 0) is 12.8 Å². The van der Waals surface area contributed by atoms with Gasteiger partial charge in [0.15, 0.2) is 0 Å². The molecule has 0 unspecified atom stereocenters. The van der Waals surface area contributed by atoms with Gasteiger partial charge in [0, 0.05) is 12.5 Å². The average Bonchev–Trinajstić information content (AvgIpc) is 2.23. The maximum atomic E-state index is 14.0. The summed E-state index contributed by atoms with van der Waals surface area (Å²) in [5.41, 5.74) is -0.908. The molecule has 3 heteroatoms. The third-order valence-electron chi connectivity index (χ3n) is 3.37. The Kier molecular flexibility index (Phi) is 7.12. The molecule has 0 saturated carbocycles. The fraction of sp³-hybridized carbons (Fsp3) is 1.00. The summed E-state index contributed by atoms with van der Waals surface area (Å²) in [6.07, 6.45) is 4.81. The molecule has 0 aromatic heterocycles. The van der Waals surface area contributed by atoms with E-state index >= 15 is 0 Å². The summed E-state index contributed by atoms with van der Waals surface area (Å²) in [4.78, 5) is 0. The predicted molar refractivity (Wildman–Crippen MR) is 64.0 cm³/mol. The quantitative estimate of drug-likeness (QED) is 0.566. The number of alkyl halides is 2. The van der Waals surface area contributed by atoms with Crippen molar-refractivity contribution in [3.05, 3.63) is 0 Å². The lowest BCUT2D eigenvalue weighted by Gasteiger charge is -2.37. The largest absolute Gasteiger partial charge is 0.378 e. The van der Waals surface area contributed by atoms with Gasteiger partial charge in [0.2, 0.25) is 0 Å². The van der Waals surface area contributed by atoms with Crippen LogP contribution in [0.3, 0.4) is 0 Å². The number of halogens is 2. The maximum Gasteiger partial charge on any atom is 0.276 e. The first-order chi connectivity index (χ1) is 7.43. The molecule has 0 aromatic rings. The Balaban J connectivity index is 4.60. The highest BCUT2D eigenvalue weighted by Crippen LogP contribution is 2.44. The van der Waals surface area contributed by atoms with Crippen molar-refractivity contribution in [2.45, 2.75) is 65.2 Å². The van der Waals surface area contributed by atoms with Crippen LogP contribution in [0.1, 0.15) is 59.3 Å². The zero-order valence-electron chi connectivity index (χ0n) is 11.1. The Morgan fingerprint density at radius 1 is 1.00 bits per heavy atom. The molecule has 0 radical (unpaired) electrons. The molecule has 0 amide bonds. The summed E-state index contributed by atoms with van der Waals surface area (Å²) in [6.45, 7) is 5.32. The SMILES string of the molecule is CCCCC(C)(CCCC)C(F)(F)COC. The van der Waals surface area contributed by atoms with Crippen molar-refractivity contribution >= 4 is 0 Å². The van der Waals surface area contributed by atoms with Crippen LogP contribution in [0.15, 0.2) is 0 Å². The molecule has 0 fully saturated rings. The molecule has 0 atom stereocenters. The van der Waals surface area contributed by atoms with Crippen LogP contribution in [0.4, 0.5) is 8.78 Å². The zero-order valence-corrected chi connectivity index (χ0v) is 11.1. The Hall–Kier alpha value is -0.180. The lowest BCUT2D eigenvalue weighted by molar-refractivity contribution is -0.159. The molecule has 0 spiro atoms. The van der Waals surface area contributed by atoms with Crippen molar-refractivity contribution in [2.75, 3.05) is 13.7 Å². The van der Waals surface area contributed by atoms with Gasteiger partial charge in [-0.2, -0.15) is 0 Å². The Bertz CT molecular complexity index is 173. The third kappa shape index (κ3) is 4.36. The molecule has 1 nitrogen and oxygen atoms in total. The number of hydrogen-bond acceptors (Lipinski definition) is 1. The van der Waals surface area contributed by atoms with Gasteiger partial charge in [0.25, 0.3) is 5.92 Å². The Morgan fingerprint density at radius 2 is 1.44 bits per heavy atom. The molecule has 0 aliphatic heterocycles. The van der Waals surface area contributed by atoms with Crippen LogP contribution in [0.2, 0.25) is 0 Å². The third-order valence-corrected chi connectivity index (χ3v) is 3.37. The van der Waals surface area contributed by atoms with Crippen LogP contribution in [0.5, 0.6) is 0 Å². The Morgan fingerprint density at radius 3 is 1.75 bits per heavy atom. The molecule has 0 saturated heterocycles. The second-order valence-electron chi connectivity index (χ2n) is 4.91. The van der Waals surface area contributed by atoms with E-state index < -0.39 is 17.9 Å². The van der Waals surface area contributed by atoms with Crippen LogP contribution >= 0.6 is 0 Å². The molecule has 98 valence electrons. The van der Waals surface area contributed by atoms with E-state index in [2.05, 4.69) is 4.74 Å². The van der Waals surface area contributed by atoms with Crippen LogP contribution < -0.4 is 0 Å². The first-order valence-electron chi connectivity index (χ1n) is 6.30. The minimum atomic E-state index is -2.72. The number of hydrogen-bond donors (Lipinski definition) is 0. The molecule has 0 heterocycles. The standard InChI is InChI=1S/C13H26F2O/c1-5-7-9-12(3,10-8-6-2)13(14,15)11-16-4/h5-11H2,1-4H3. The van der Waals surface area contributed by atoms with E-state index in [4.69, 9.17) is 0 Å². The van der Waals surface area contributed by atoms with E-state index in [0.29, 0.717) is 12.8 Å². The zero-order chi connectivity index (χ0) is 12.7. The highest BCUT2D eigenvalue weighted by atomic mass is 19.3. The van der Waals surface area contributed by atoms with Gasteiger partial charge in [0.05, 0.1) is 0 Å². The van der Waals surface area contributed by atoms with Gasteiger partial charge in [-0.1, -0.05) is 46.5 Å². The summed E-state index contributed by atoms with van der Waals surface area (Å²) in [7, 11) is 1.34. The maximum absolute atomic E-state index is 14.0. The monoisotopic (exact) mass is 236 g/mol. The second kappa shape index (κ2) is 7.21. The van der Waals surface area contributed by atoms with Gasteiger partial charge in [-0.25, -0.2) is 8.78 Å². The minimum absolute atomic E-state index is 0.461. The highest BCUT2D eigenvalue weighted by molar-refractivity contribution is 4.88. The number of methoxy groups -OCH3 is 1. The molecular formula is C13H26F2O. The van der Waals surface area contributed by atoms with Crippen molar-refractivity contribution in [3.63, 3.8) is 0 Å². The smallest absolute Gasteiger partial charge is 0.276 e. The highest BCUT2D eigenvalue weighted by Gasteiger charge is 2.48. The van der Waals surface area contributed by atoms with Gasteiger partial charge >= 0.3 is 0 Å². The van der Waals surface area contributed by atoms with Crippen LogP contribution in [0.25, 0.3) is 0 Å². The topological polar surface area (TPSA) is 9.23 Å². The second-order valence-corrected chi connectivity index (χ2v) is 4.91. The van der Waals surface area contributed by atoms with Crippen molar-refractivity contribution in [1.29, 1.82) is 0 Å². The van der Waals surface area contributed by atoms with E-state index in [1.165, 1.54) is 7.11 Å². The number of rotatable bonds is 9. The molecule has 0 N–H and O–H groups in total. The van der Waals surface area contributed by atoms with Gasteiger partial charge < -0.3 is 4.74 Å². The first kappa shape index (κ1) is 15.8. The van der Waals surface area contributed by atoms with Crippen molar-refractivity contribution in [3.8, 4) is 0 Å². The van der Waals surface area contributed by atoms with Gasteiger partial charge in [-0.3, -0.25) is 0 Å². The lowest BCUT2D eigenvalue weighted by Crippen LogP contribution is -2.42. The molecule has 0 aliphatic rings. The normalized spacial score (nSPS) is 13.1. The molecule has 16 heavy (non-hydrogen) atoms. The fourth-order valence-corrected chi connectivity index (χ4v) is 1.98. The summed E-state index contributed by atoms with van der Waals surface area (Å²) in [5.74, 6) is -2.72. The number of unbranched alkanes of at least 4 members (excludes halogenated alkanes) is 2. The fourth-order valence-electron chi connectivity index (χ4n) is 1.98. The molecule has 0 bridgehead atoms. The molecule has 0 rings (SSSR count). The summed E-state index contributed by atoms with van der Waals surface area (Å²) < 4.78 is 32.7. The van der Waals surface area contributed by atoms with E-state index in [-0.39, 0.29) is 0 Å². The minimum Gasteiger partial charge on any atom is -0.378 e. The van der Waals surface area contributed by atoms with E-state index in [9.17, 15) is 8.78 Å². The summed E-state index contributed by atoms with van der Waals surface area (Å²) in [5, 5.41) is 0. The lowest BCUT2D eigenvalue weighted by atomic mass is 9.75.